The average molecular weight is 429 g/mol. The molecule has 0 saturated carbocycles. The summed E-state index contributed by atoms with van der Waals surface area (Å²) < 4.78 is 3.39. The second-order valence-electron chi connectivity index (χ2n) is 8.32. The molecule has 0 saturated heterocycles. The molecule has 0 fully saturated rings. The Morgan fingerprint density at radius 2 is 1.66 bits per heavy atom. The second kappa shape index (κ2) is 8.46. The first-order valence-electron chi connectivity index (χ1n) is 10.9. The summed E-state index contributed by atoms with van der Waals surface area (Å²) in [5.41, 5.74) is 5.15. The van der Waals surface area contributed by atoms with Crippen molar-refractivity contribution in [2.45, 2.75) is 47.1 Å². The minimum absolute atomic E-state index is 0.0969. The van der Waals surface area contributed by atoms with E-state index < -0.39 is 6.04 Å². The highest BCUT2D eigenvalue weighted by Gasteiger charge is 2.26. The van der Waals surface area contributed by atoms with Crippen molar-refractivity contribution >= 4 is 22.4 Å². The molecule has 0 unspecified atom stereocenters. The third kappa shape index (κ3) is 3.73. The van der Waals surface area contributed by atoms with Crippen molar-refractivity contribution in [2.75, 3.05) is 5.32 Å². The molecule has 6 heteroatoms. The molecule has 2 aromatic heterocycles. The molecule has 0 spiro atoms. The van der Waals surface area contributed by atoms with Gasteiger partial charge in [-0.2, -0.15) is 9.78 Å². The summed E-state index contributed by atoms with van der Waals surface area (Å²) >= 11 is 0. The average Bonchev–Trinajstić information content (AvgIpc) is 3.00. The van der Waals surface area contributed by atoms with Gasteiger partial charge in [0.25, 0.3) is 5.56 Å². The molecule has 32 heavy (non-hydrogen) atoms. The summed E-state index contributed by atoms with van der Waals surface area (Å²) in [7, 11) is 0. The normalized spacial score (nSPS) is 12.2. The van der Waals surface area contributed by atoms with Crippen molar-refractivity contribution in [2.24, 2.45) is 0 Å². The summed E-state index contributed by atoms with van der Waals surface area (Å²) in [5, 5.41) is 8.84. The van der Waals surface area contributed by atoms with E-state index in [4.69, 9.17) is 0 Å². The fourth-order valence-electron chi connectivity index (χ4n) is 4.56. The molecule has 2 heterocycles. The Balaban J connectivity index is 1.79. The van der Waals surface area contributed by atoms with Crippen LogP contribution in [0.1, 0.15) is 41.9 Å². The van der Waals surface area contributed by atoms with E-state index in [1.165, 1.54) is 4.68 Å². The van der Waals surface area contributed by atoms with Crippen LogP contribution in [0.5, 0.6) is 0 Å². The number of benzene rings is 2. The van der Waals surface area contributed by atoms with Crippen LogP contribution in [-0.4, -0.2) is 20.3 Å². The largest absolute Gasteiger partial charge is 0.335 e. The van der Waals surface area contributed by atoms with Crippen LogP contribution in [-0.2, 0) is 4.79 Å². The van der Waals surface area contributed by atoms with Crippen molar-refractivity contribution in [3.8, 4) is 5.69 Å². The minimum atomic E-state index is -0.437. The first-order chi connectivity index (χ1) is 15.3. The summed E-state index contributed by atoms with van der Waals surface area (Å²) in [4.78, 5) is 26.6. The van der Waals surface area contributed by atoms with E-state index >= 15 is 0 Å². The molecule has 1 amide bonds. The molecule has 0 aliphatic heterocycles. The van der Waals surface area contributed by atoms with Gasteiger partial charge < -0.3 is 9.88 Å². The van der Waals surface area contributed by atoms with Gasteiger partial charge >= 0.3 is 0 Å². The zero-order valence-electron chi connectivity index (χ0n) is 19.1. The highest BCUT2D eigenvalue weighted by molar-refractivity contribution is 5.95. The molecule has 0 radical (unpaired) electrons. The third-order valence-electron chi connectivity index (χ3n) is 5.94. The number of aromatic nitrogens is 3. The first-order valence-corrected chi connectivity index (χ1v) is 10.9. The van der Waals surface area contributed by atoms with Crippen molar-refractivity contribution in [1.82, 2.24) is 14.3 Å². The lowest BCUT2D eigenvalue weighted by molar-refractivity contribution is -0.119. The lowest BCUT2D eigenvalue weighted by Crippen LogP contribution is -2.27. The van der Waals surface area contributed by atoms with E-state index in [9.17, 15) is 9.59 Å². The molecule has 0 aliphatic rings. The topological polar surface area (TPSA) is 68.9 Å². The maximum atomic E-state index is 13.3. The van der Waals surface area contributed by atoms with Crippen molar-refractivity contribution in [3.63, 3.8) is 0 Å². The van der Waals surface area contributed by atoms with Crippen molar-refractivity contribution < 1.29 is 4.79 Å². The first kappa shape index (κ1) is 21.6. The van der Waals surface area contributed by atoms with E-state index in [2.05, 4.69) is 16.5 Å². The fourth-order valence-corrected chi connectivity index (χ4v) is 4.56. The van der Waals surface area contributed by atoms with Gasteiger partial charge in [-0.1, -0.05) is 31.2 Å². The number of carbonyl (C=O) groups excluding carboxylic acids is 1. The van der Waals surface area contributed by atoms with E-state index in [0.717, 1.165) is 33.6 Å². The Morgan fingerprint density at radius 1 is 1.00 bits per heavy atom. The lowest BCUT2D eigenvalue weighted by Gasteiger charge is -2.21. The van der Waals surface area contributed by atoms with Gasteiger partial charge in [-0.05, 0) is 69.5 Å². The number of aryl methyl sites for hydroxylation is 4. The van der Waals surface area contributed by atoms with Crippen LogP contribution in [0, 0.1) is 27.7 Å². The number of hydrogen-bond acceptors (Lipinski definition) is 3. The molecule has 1 N–H and O–H groups in total. The van der Waals surface area contributed by atoms with E-state index in [0.29, 0.717) is 17.5 Å². The van der Waals surface area contributed by atoms with Crippen LogP contribution in [0.25, 0.3) is 16.5 Å². The predicted molar refractivity (Wildman–Crippen MR) is 129 cm³/mol. The maximum Gasteiger partial charge on any atom is 0.281 e. The van der Waals surface area contributed by atoms with E-state index in [1.54, 1.807) is 6.20 Å². The molecule has 1 atom stereocenters. The Kier molecular flexibility index (Phi) is 5.70. The Hall–Kier alpha value is -3.67. The van der Waals surface area contributed by atoms with Crippen LogP contribution in [0.4, 0.5) is 5.69 Å². The summed E-state index contributed by atoms with van der Waals surface area (Å²) in [6, 6.07) is 14.9. The number of hydrogen-bond donors (Lipinski definition) is 1. The molecular formula is C26H28N4O2. The highest BCUT2D eigenvalue weighted by atomic mass is 16.2. The van der Waals surface area contributed by atoms with Gasteiger partial charge in [0.15, 0.2) is 0 Å². The van der Waals surface area contributed by atoms with Gasteiger partial charge in [-0.3, -0.25) is 9.59 Å². The van der Waals surface area contributed by atoms with Crippen molar-refractivity contribution in [3.05, 3.63) is 87.6 Å². The quantitative estimate of drug-likeness (QED) is 0.486. The maximum absolute atomic E-state index is 13.3. The van der Waals surface area contributed by atoms with Crippen LogP contribution in [0.3, 0.4) is 0 Å². The smallest absolute Gasteiger partial charge is 0.281 e. The number of nitrogens with one attached hydrogen (secondary N) is 1. The van der Waals surface area contributed by atoms with E-state index in [1.807, 2.05) is 81.7 Å². The second-order valence-corrected chi connectivity index (χ2v) is 8.32. The number of rotatable bonds is 5. The van der Waals surface area contributed by atoms with Crippen LogP contribution >= 0.6 is 0 Å². The molecule has 4 aromatic rings. The Labute approximate surface area is 187 Å². The third-order valence-corrected chi connectivity index (χ3v) is 5.94. The summed E-state index contributed by atoms with van der Waals surface area (Å²) in [6.45, 7) is 9.85. The number of anilines is 1. The molecule has 164 valence electrons. The Bertz CT molecular complexity index is 1350. The van der Waals surface area contributed by atoms with Gasteiger partial charge in [0.2, 0.25) is 5.91 Å². The monoisotopic (exact) mass is 428 g/mol. The highest BCUT2D eigenvalue weighted by Crippen LogP contribution is 2.29. The molecule has 0 bridgehead atoms. The van der Waals surface area contributed by atoms with Crippen LogP contribution < -0.4 is 10.9 Å². The number of para-hydroxylation sites is 1. The fraction of sp³-hybridized carbons (Fsp3) is 0.269. The minimum Gasteiger partial charge on any atom is -0.335 e. The van der Waals surface area contributed by atoms with Crippen LogP contribution in [0.15, 0.2) is 59.5 Å². The number of carbonyl (C=O) groups is 1. The molecular weight excluding hydrogens is 400 g/mol. The predicted octanol–water partition coefficient (Wildman–Crippen LogP) is 5.01. The Morgan fingerprint density at radius 3 is 2.28 bits per heavy atom. The molecule has 2 aromatic carbocycles. The lowest BCUT2D eigenvalue weighted by atomic mass is 10.1. The number of nitrogens with zero attached hydrogens (tertiary/aromatic N) is 3. The molecule has 4 rings (SSSR count). The summed E-state index contributed by atoms with van der Waals surface area (Å²) in [6.07, 6.45) is 2.32. The van der Waals surface area contributed by atoms with Gasteiger partial charge in [0.05, 0.1) is 17.3 Å². The molecule has 6 nitrogen and oxygen atoms in total. The number of fused-ring (bicyclic) bond motifs is 1. The van der Waals surface area contributed by atoms with Gasteiger partial charge in [0.1, 0.15) is 6.04 Å². The van der Waals surface area contributed by atoms with E-state index in [-0.39, 0.29) is 11.5 Å². The zero-order chi connectivity index (χ0) is 23.0. The van der Waals surface area contributed by atoms with Gasteiger partial charge in [0, 0.05) is 22.5 Å². The SMILES string of the molecule is CC[C@@H](C(=O)Nc1cc(C)cc(C)c1)n1c(C)c2cnn(-c3ccccc3)c(=O)c2c1C. The van der Waals surface area contributed by atoms with Gasteiger partial charge in [-0.15, -0.1) is 0 Å². The standard InChI is InChI=1S/C26H28N4O2/c1-6-23(25(31)28-20-13-16(2)12-17(3)14-20)29-18(4)22-15-27-30(21-10-8-7-9-11-21)26(32)24(22)19(29)5/h7-15,23H,6H2,1-5H3,(H,28,31)/t23-/m0/s1. The van der Waals surface area contributed by atoms with Crippen molar-refractivity contribution in [1.29, 1.82) is 0 Å². The summed E-state index contributed by atoms with van der Waals surface area (Å²) in [5.74, 6) is -0.0969. The number of amides is 1. The van der Waals surface area contributed by atoms with Crippen LogP contribution in [0.2, 0.25) is 0 Å². The zero-order valence-corrected chi connectivity index (χ0v) is 19.1. The van der Waals surface area contributed by atoms with Gasteiger partial charge in [-0.25, -0.2) is 0 Å². The molecule has 0 aliphatic carbocycles.